The Morgan fingerprint density at radius 1 is 0.826 bits per heavy atom. The maximum Gasteiger partial charge on any atom is 0.279 e. The van der Waals surface area contributed by atoms with Crippen LogP contribution in [0.15, 0.2) is 35.6 Å². The van der Waals surface area contributed by atoms with Crippen molar-refractivity contribution in [2.24, 2.45) is 0 Å². The van der Waals surface area contributed by atoms with Crippen molar-refractivity contribution < 1.29 is 18.0 Å². The summed E-state index contributed by atoms with van der Waals surface area (Å²) in [5.41, 5.74) is 1.11. The summed E-state index contributed by atoms with van der Waals surface area (Å²) in [5.74, 6) is 0.438. The molecule has 1 N–H and O–H groups in total. The Balaban J connectivity index is 1.89. The van der Waals surface area contributed by atoms with Crippen molar-refractivity contribution in [3.63, 3.8) is 0 Å². The minimum Gasteiger partial charge on any atom is -0.414 e. The van der Waals surface area contributed by atoms with Crippen LogP contribution in [0.5, 0.6) is 0 Å². The van der Waals surface area contributed by atoms with Crippen LogP contribution in [0.1, 0.15) is 68.5 Å². The SMILES string of the molecule is CC(C)(C)[Si](C)(C)OC[C@H]1O[C@@H](n2cnc3c(=O)[nH]c(-c4ccncc4)nc32)[C@H](O[Si](C)(C)C(C)(C)C)[C@@H]1O[Si](C)(C)C(C)(C)C. The van der Waals surface area contributed by atoms with Gasteiger partial charge in [-0.05, 0) is 66.5 Å². The van der Waals surface area contributed by atoms with Crippen LogP contribution in [-0.2, 0) is 18.0 Å². The maximum atomic E-state index is 13.3. The molecule has 1 aliphatic rings. The molecule has 4 heterocycles. The van der Waals surface area contributed by atoms with Gasteiger partial charge < -0.3 is 23.0 Å². The summed E-state index contributed by atoms with van der Waals surface area (Å²) in [4.78, 5) is 29.7. The Hall–Kier alpha value is -2.01. The third-order valence-electron chi connectivity index (χ3n) is 10.8. The third kappa shape index (κ3) is 7.35. The van der Waals surface area contributed by atoms with Crippen LogP contribution in [0, 0.1) is 0 Å². The van der Waals surface area contributed by atoms with E-state index in [0.717, 1.165) is 5.56 Å². The first-order valence-corrected chi connectivity index (χ1v) is 25.1. The van der Waals surface area contributed by atoms with Gasteiger partial charge in [0.15, 0.2) is 42.3 Å². The maximum absolute atomic E-state index is 13.3. The summed E-state index contributed by atoms with van der Waals surface area (Å²) < 4.78 is 30.2. The van der Waals surface area contributed by atoms with Crippen LogP contribution < -0.4 is 5.56 Å². The fraction of sp³-hybridized carbons (Fsp3) is 0.697. The zero-order valence-corrected chi connectivity index (χ0v) is 33.7. The van der Waals surface area contributed by atoms with Gasteiger partial charge in [0.1, 0.15) is 24.1 Å². The van der Waals surface area contributed by atoms with Crippen LogP contribution >= 0.6 is 0 Å². The predicted molar refractivity (Wildman–Crippen MR) is 193 cm³/mol. The minimum absolute atomic E-state index is 0.0343. The van der Waals surface area contributed by atoms with Crippen molar-refractivity contribution in [1.82, 2.24) is 24.5 Å². The number of ether oxygens (including phenoxy) is 1. The first-order chi connectivity index (χ1) is 20.9. The highest BCUT2D eigenvalue weighted by Crippen LogP contribution is 2.47. The molecule has 4 rings (SSSR count). The van der Waals surface area contributed by atoms with E-state index in [2.05, 4.69) is 117 Å². The molecule has 10 nitrogen and oxygen atoms in total. The number of imidazole rings is 1. The highest BCUT2D eigenvalue weighted by atomic mass is 28.4. The number of nitrogens with one attached hydrogen (secondary N) is 1. The largest absolute Gasteiger partial charge is 0.414 e. The highest BCUT2D eigenvalue weighted by Gasteiger charge is 2.55. The smallest absolute Gasteiger partial charge is 0.279 e. The third-order valence-corrected chi connectivity index (χ3v) is 24.3. The van der Waals surface area contributed by atoms with Gasteiger partial charge in [-0.1, -0.05) is 62.3 Å². The molecule has 1 aliphatic heterocycles. The summed E-state index contributed by atoms with van der Waals surface area (Å²) >= 11 is 0. The normalized spacial score (nSPS) is 22.2. The lowest BCUT2D eigenvalue weighted by Gasteiger charge is -2.44. The van der Waals surface area contributed by atoms with Crippen LogP contribution in [0.25, 0.3) is 22.6 Å². The summed E-state index contributed by atoms with van der Waals surface area (Å²) in [6, 6.07) is 3.63. The molecule has 1 fully saturated rings. The Bertz CT molecular complexity index is 1570. The van der Waals surface area contributed by atoms with E-state index in [-0.39, 0.29) is 26.2 Å². The van der Waals surface area contributed by atoms with Crippen molar-refractivity contribution in [2.75, 3.05) is 6.61 Å². The second-order valence-corrected chi connectivity index (χ2v) is 31.6. The van der Waals surface area contributed by atoms with Crippen LogP contribution in [-0.4, -0.2) is 74.4 Å². The summed E-state index contributed by atoms with van der Waals surface area (Å²) in [7, 11) is -6.78. The van der Waals surface area contributed by atoms with E-state index >= 15 is 0 Å². The van der Waals surface area contributed by atoms with Gasteiger partial charge in [0, 0.05) is 18.0 Å². The van der Waals surface area contributed by atoms with Crippen molar-refractivity contribution in [3.05, 3.63) is 41.2 Å². The lowest BCUT2D eigenvalue weighted by atomic mass is 10.1. The van der Waals surface area contributed by atoms with Crippen LogP contribution in [0.2, 0.25) is 54.4 Å². The molecule has 0 bridgehead atoms. The molecule has 0 spiro atoms. The number of hydrogen-bond acceptors (Lipinski definition) is 8. The average Bonchev–Trinajstić information content (AvgIpc) is 3.47. The van der Waals surface area contributed by atoms with Gasteiger partial charge in [-0.3, -0.25) is 14.3 Å². The topological polar surface area (TPSA) is 113 Å². The Kier molecular flexibility index (Phi) is 9.98. The Labute approximate surface area is 278 Å². The molecule has 1 saturated heterocycles. The van der Waals surface area contributed by atoms with E-state index in [1.54, 1.807) is 18.7 Å². The second-order valence-electron chi connectivity index (χ2n) is 17.3. The number of rotatable bonds is 9. The summed E-state index contributed by atoms with van der Waals surface area (Å²) in [6.45, 7) is 34.1. The van der Waals surface area contributed by atoms with Gasteiger partial charge in [0.05, 0.1) is 12.9 Å². The van der Waals surface area contributed by atoms with Gasteiger partial charge in [-0.25, -0.2) is 9.97 Å². The lowest BCUT2D eigenvalue weighted by molar-refractivity contribution is -0.0470. The molecule has 0 aliphatic carbocycles. The average molecular weight is 688 g/mol. The van der Waals surface area contributed by atoms with Crippen molar-refractivity contribution in [3.8, 4) is 11.4 Å². The predicted octanol–water partition coefficient (Wildman–Crippen LogP) is 7.88. The van der Waals surface area contributed by atoms with Gasteiger partial charge >= 0.3 is 0 Å². The van der Waals surface area contributed by atoms with E-state index in [4.69, 9.17) is 23.0 Å². The molecular formula is C33H57N5O5Si3. The first kappa shape index (κ1) is 36.8. The van der Waals surface area contributed by atoms with Crippen molar-refractivity contribution in [1.29, 1.82) is 0 Å². The zero-order valence-electron chi connectivity index (χ0n) is 30.7. The zero-order chi connectivity index (χ0) is 34.7. The Morgan fingerprint density at radius 2 is 1.35 bits per heavy atom. The van der Waals surface area contributed by atoms with E-state index in [0.29, 0.717) is 18.1 Å². The summed E-state index contributed by atoms with van der Waals surface area (Å²) in [5, 5.41) is -0.0597. The molecule has 0 radical (unpaired) electrons. The molecule has 0 aromatic carbocycles. The van der Waals surface area contributed by atoms with Gasteiger partial charge in [0.2, 0.25) is 0 Å². The number of nitrogens with zero attached hydrogens (tertiary/aromatic N) is 4. The van der Waals surface area contributed by atoms with Crippen molar-refractivity contribution in [2.45, 2.75) is 141 Å². The molecule has 256 valence electrons. The lowest BCUT2D eigenvalue weighted by Crippen LogP contribution is -2.54. The molecule has 0 saturated carbocycles. The molecule has 46 heavy (non-hydrogen) atoms. The van der Waals surface area contributed by atoms with E-state index in [1.807, 2.05) is 16.7 Å². The molecular weight excluding hydrogens is 631 g/mol. The second kappa shape index (κ2) is 12.5. The number of aromatic nitrogens is 5. The number of H-pyrrole nitrogens is 1. The minimum atomic E-state index is -2.35. The molecule has 13 heteroatoms. The fourth-order valence-electron chi connectivity index (χ4n) is 4.63. The van der Waals surface area contributed by atoms with Crippen LogP contribution in [0.3, 0.4) is 0 Å². The van der Waals surface area contributed by atoms with E-state index in [1.165, 1.54) is 0 Å². The summed E-state index contributed by atoms with van der Waals surface area (Å²) in [6.07, 6.45) is 3.08. The standard InChI is InChI=1S/C33H57N5O5Si3/c1-31(2,3)44(10,11)40-20-23-25(42-45(12,13)32(4,5)6)26(43-46(14,15)33(7,8)9)30(41-23)38-21-35-24-28(38)36-27(37-29(24)39)22-16-18-34-19-17-22/h16-19,21,23,25-26,30H,20H2,1-15H3,(H,36,37,39)/t23-,25-,26-,30-/m1/s1. The highest BCUT2D eigenvalue weighted by molar-refractivity contribution is 6.75. The van der Waals surface area contributed by atoms with Gasteiger partial charge in [-0.2, -0.15) is 0 Å². The van der Waals surface area contributed by atoms with E-state index in [9.17, 15) is 4.79 Å². The molecule has 0 unspecified atom stereocenters. The van der Waals surface area contributed by atoms with Gasteiger partial charge in [-0.15, -0.1) is 0 Å². The van der Waals surface area contributed by atoms with E-state index < -0.39 is 49.5 Å². The monoisotopic (exact) mass is 687 g/mol. The van der Waals surface area contributed by atoms with Crippen LogP contribution in [0.4, 0.5) is 0 Å². The number of hydrogen-bond donors (Lipinski definition) is 1. The Morgan fingerprint density at radius 3 is 1.87 bits per heavy atom. The van der Waals surface area contributed by atoms with Crippen molar-refractivity contribution >= 4 is 36.1 Å². The number of fused-ring (bicyclic) bond motifs is 1. The van der Waals surface area contributed by atoms with Gasteiger partial charge in [0.25, 0.3) is 5.56 Å². The quantitative estimate of drug-likeness (QED) is 0.226. The molecule has 3 aromatic heterocycles. The fourth-order valence-corrected chi connectivity index (χ4v) is 8.25. The number of pyridine rings is 1. The first-order valence-electron chi connectivity index (χ1n) is 16.4. The molecule has 4 atom stereocenters. The number of aromatic amines is 1. The molecule has 0 amide bonds. The molecule has 3 aromatic rings.